The first kappa shape index (κ1) is 16.8. The van der Waals surface area contributed by atoms with Crippen molar-refractivity contribution in [2.75, 3.05) is 24.6 Å². The van der Waals surface area contributed by atoms with E-state index >= 15 is 0 Å². The Labute approximate surface area is 142 Å². The van der Waals surface area contributed by atoms with Crippen molar-refractivity contribution in [1.82, 2.24) is 0 Å². The number of para-hydroxylation sites is 2. The van der Waals surface area contributed by atoms with Gasteiger partial charge in [-0.15, -0.1) is 0 Å². The maximum Gasteiger partial charge on any atom is 0.297 e. The number of likely N-dealkylation sites (N-methyl/N-ethyl adjacent to an activating group) is 1. The van der Waals surface area contributed by atoms with E-state index in [1.54, 1.807) is 31.2 Å². The molecule has 3 rings (SSSR count). The largest absolute Gasteiger partial charge is 0.484 e. The number of ether oxygens (including phenoxy) is 1. The summed E-state index contributed by atoms with van der Waals surface area (Å²) in [6, 6.07) is 14.6. The zero-order chi connectivity index (χ0) is 17.2. The number of fused-ring (bicyclic) bond motifs is 1. The maximum absolute atomic E-state index is 12.4. The first-order valence-electron chi connectivity index (χ1n) is 7.97. The second-order valence-electron chi connectivity index (χ2n) is 5.75. The summed E-state index contributed by atoms with van der Waals surface area (Å²) in [6.07, 6.45) is -0.335. The number of aryl methyl sites for hydroxylation is 1. The Kier molecular flexibility index (Phi) is 4.78. The molecule has 0 bridgehead atoms. The Morgan fingerprint density at radius 3 is 2.62 bits per heavy atom. The van der Waals surface area contributed by atoms with Crippen molar-refractivity contribution in [3.8, 4) is 5.75 Å². The first-order chi connectivity index (χ1) is 11.5. The molecule has 0 spiro atoms. The minimum atomic E-state index is -3.79. The predicted octanol–water partition coefficient (Wildman–Crippen LogP) is 2.99. The third-order valence-electron chi connectivity index (χ3n) is 4.08. The number of hydrogen-bond donors (Lipinski definition) is 0. The van der Waals surface area contributed by atoms with Gasteiger partial charge in [-0.2, -0.15) is 8.42 Å². The Balaban J connectivity index is 1.73. The van der Waals surface area contributed by atoms with Gasteiger partial charge >= 0.3 is 0 Å². The van der Waals surface area contributed by atoms with Gasteiger partial charge in [-0.25, -0.2) is 0 Å². The maximum atomic E-state index is 12.4. The van der Waals surface area contributed by atoms with E-state index in [-0.39, 0.29) is 17.6 Å². The summed E-state index contributed by atoms with van der Waals surface area (Å²) < 4.78 is 36.0. The van der Waals surface area contributed by atoms with Gasteiger partial charge in [0.25, 0.3) is 10.1 Å². The van der Waals surface area contributed by atoms with Crippen LogP contribution in [0, 0.1) is 6.92 Å². The fourth-order valence-electron chi connectivity index (χ4n) is 2.83. The third kappa shape index (κ3) is 3.39. The lowest BCUT2D eigenvalue weighted by atomic mass is 10.2. The van der Waals surface area contributed by atoms with Crippen molar-refractivity contribution < 1.29 is 17.3 Å². The van der Waals surface area contributed by atoms with Crippen LogP contribution in [0.4, 0.5) is 5.69 Å². The first-order valence-corrected chi connectivity index (χ1v) is 9.38. The zero-order valence-electron chi connectivity index (χ0n) is 13.8. The Morgan fingerprint density at radius 2 is 1.88 bits per heavy atom. The molecule has 0 N–H and O–H groups in total. The molecule has 1 atom stereocenters. The quantitative estimate of drug-likeness (QED) is 0.778. The van der Waals surface area contributed by atoms with E-state index in [1.165, 1.54) is 0 Å². The molecule has 0 saturated heterocycles. The van der Waals surface area contributed by atoms with Crippen LogP contribution in [0.2, 0.25) is 0 Å². The van der Waals surface area contributed by atoms with Crippen LogP contribution >= 0.6 is 0 Å². The highest BCUT2D eigenvalue weighted by Gasteiger charge is 2.27. The van der Waals surface area contributed by atoms with Crippen LogP contribution in [0.5, 0.6) is 5.75 Å². The molecule has 0 radical (unpaired) electrons. The number of nitrogens with zero attached hydrogens (tertiary/aromatic N) is 1. The molecule has 1 aliphatic rings. The normalized spacial score (nSPS) is 17.2. The molecule has 5 nitrogen and oxygen atoms in total. The molecule has 1 unspecified atom stereocenters. The van der Waals surface area contributed by atoms with Crippen LogP contribution in [-0.2, 0) is 14.3 Å². The van der Waals surface area contributed by atoms with E-state index in [9.17, 15) is 8.42 Å². The van der Waals surface area contributed by atoms with Crippen molar-refractivity contribution in [3.63, 3.8) is 0 Å². The third-order valence-corrected chi connectivity index (χ3v) is 5.52. The van der Waals surface area contributed by atoms with E-state index < -0.39 is 10.1 Å². The summed E-state index contributed by atoms with van der Waals surface area (Å²) in [4.78, 5) is 2.36. The van der Waals surface area contributed by atoms with E-state index in [4.69, 9.17) is 8.92 Å². The molecule has 0 fully saturated rings. The van der Waals surface area contributed by atoms with E-state index in [0.717, 1.165) is 18.0 Å². The van der Waals surface area contributed by atoms with E-state index in [1.807, 2.05) is 24.3 Å². The molecule has 128 valence electrons. The average Bonchev–Trinajstić information content (AvgIpc) is 2.59. The van der Waals surface area contributed by atoms with Crippen LogP contribution in [-0.4, -0.2) is 34.2 Å². The monoisotopic (exact) mass is 347 g/mol. The molecule has 1 aliphatic heterocycles. The van der Waals surface area contributed by atoms with Crippen LogP contribution in [0.3, 0.4) is 0 Å². The van der Waals surface area contributed by atoms with Crippen molar-refractivity contribution in [1.29, 1.82) is 0 Å². The predicted molar refractivity (Wildman–Crippen MR) is 93.1 cm³/mol. The van der Waals surface area contributed by atoms with Gasteiger partial charge in [-0.05, 0) is 37.6 Å². The van der Waals surface area contributed by atoms with Crippen LogP contribution in [0.25, 0.3) is 0 Å². The summed E-state index contributed by atoms with van der Waals surface area (Å²) in [7, 11) is -3.79. The van der Waals surface area contributed by atoms with E-state index in [0.29, 0.717) is 12.1 Å². The molecule has 2 aromatic carbocycles. The highest BCUT2D eigenvalue weighted by atomic mass is 32.2. The highest BCUT2D eigenvalue weighted by Crippen LogP contribution is 2.33. The second-order valence-corrected chi connectivity index (χ2v) is 7.33. The van der Waals surface area contributed by atoms with Gasteiger partial charge in [0.2, 0.25) is 0 Å². The number of anilines is 1. The lowest BCUT2D eigenvalue weighted by Gasteiger charge is -2.35. The topological polar surface area (TPSA) is 55.8 Å². The number of hydrogen-bond acceptors (Lipinski definition) is 5. The van der Waals surface area contributed by atoms with Crippen LogP contribution < -0.4 is 9.64 Å². The Bertz CT molecular complexity index is 819. The van der Waals surface area contributed by atoms with Crippen molar-refractivity contribution >= 4 is 15.8 Å². The van der Waals surface area contributed by atoms with E-state index in [2.05, 4.69) is 11.8 Å². The molecule has 2 aromatic rings. The number of rotatable bonds is 5. The summed E-state index contributed by atoms with van der Waals surface area (Å²) in [5.74, 6) is 0.757. The zero-order valence-corrected chi connectivity index (χ0v) is 14.6. The Hall–Kier alpha value is -2.05. The minimum absolute atomic E-state index is 0.0124. The molecule has 0 aromatic heterocycles. The molecule has 0 amide bonds. The molecular weight excluding hydrogens is 326 g/mol. The van der Waals surface area contributed by atoms with Crippen molar-refractivity contribution in [2.24, 2.45) is 0 Å². The van der Waals surface area contributed by atoms with Gasteiger partial charge < -0.3 is 9.64 Å². The molecule has 1 heterocycles. The van der Waals surface area contributed by atoms with Crippen LogP contribution in [0.1, 0.15) is 12.5 Å². The SMILES string of the molecule is CCN1CC(COS(=O)(=O)c2ccccc2C)Oc2ccccc21. The smallest absolute Gasteiger partial charge is 0.297 e. The molecule has 0 saturated carbocycles. The van der Waals surface area contributed by atoms with Crippen LogP contribution in [0.15, 0.2) is 53.4 Å². The molecule has 24 heavy (non-hydrogen) atoms. The summed E-state index contributed by atoms with van der Waals surface area (Å²) in [6.45, 7) is 5.21. The summed E-state index contributed by atoms with van der Waals surface area (Å²) in [5.41, 5.74) is 1.70. The standard InChI is InChI=1S/C18H21NO4S/c1-3-19-12-15(23-17-10-6-5-9-16(17)19)13-22-24(20,21)18-11-7-4-8-14(18)2/h4-11,15H,3,12-13H2,1-2H3. The fourth-order valence-corrected chi connectivity index (χ4v) is 4.00. The van der Waals surface area contributed by atoms with Gasteiger partial charge in [-0.3, -0.25) is 4.18 Å². The molecule has 6 heteroatoms. The summed E-state index contributed by atoms with van der Waals surface area (Å²) >= 11 is 0. The van der Waals surface area contributed by atoms with Gasteiger partial charge in [0.1, 0.15) is 18.5 Å². The van der Waals surface area contributed by atoms with Crippen molar-refractivity contribution in [2.45, 2.75) is 24.8 Å². The molecular formula is C18H21NO4S. The molecule has 0 aliphatic carbocycles. The fraction of sp³-hybridized carbons (Fsp3) is 0.333. The lowest BCUT2D eigenvalue weighted by Crippen LogP contribution is -2.42. The second kappa shape index (κ2) is 6.83. The Morgan fingerprint density at radius 1 is 1.17 bits per heavy atom. The van der Waals surface area contributed by atoms with Gasteiger partial charge in [0.05, 0.1) is 17.1 Å². The van der Waals surface area contributed by atoms with Crippen molar-refractivity contribution in [3.05, 3.63) is 54.1 Å². The lowest BCUT2D eigenvalue weighted by molar-refractivity contribution is 0.128. The summed E-state index contributed by atoms with van der Waals surface area (Å²) in [5, 5.41) is 0. The highest BCUT2D eigenvalue weighted by molar-refractivity contribution is 7.86. The van der Waals surface area contributed by atoms with Gasteiger partial charge in [-0.1, -0.05) is 30.3 Å². The average molecular weight is 347 g/mol. The minimum Gasteiger partial charge on any atom is -0.484 e. The number of benzene rings is 2. The van der Waals surface area contributed by atoms with Gasteiger partial charge in [0.15, 0.2) is 0 Å². The van der Waals surface area contributed by atoms with Gasteiger partial charge in [0, 0.05) is 6.54 Å².